The summed E-state index contributed by atoms with van der Waals surface area (Å²) in [6.07, 6.45) is 0. The van der Waals surface area contributed by atoms with Gasteiger partial charge in [0.15, 0.2) is 17.5 Å². The highest BCUT2D eigenvalue weighted by Gasteiger charge is 2.17. The SMILES string of the molecule is [2H]c1c([2H])c(-c2c3ccccc3cc3c2ccc2ccccc23)c([2H])c([2H])c1-c1nc(-c2ccccc2)nc(-c2ccccc2-c2ccccc2)n1. The minimum atomic E-state index is -0.217. The van der Waals surface area contributed by atoms with Gasteiger partial charge in [-0.25, -0.2) is 15.0 Å². The van der Waals surface area contributed by atoms with E-state index in [9.17, 15) is 5.48 Å². The van der Waals surface area contributed by atoms with Crippen LogP contribution in [-0.2, 0) is 0 Å². The monoisotopic (exact) mass is 615 g/mol. The van der Waals surface area contributed by atoms with Crippen molar-refractivity contribution in [3.8, 4) is 56.4 Å². The summed E-state index contributed by atoms with van der Waals surface area (Å²) < 4.78 is 37.9. The highest BCUT2D eigenvalue weighted by atomic mass is 15.0. The lowest BCUT2D eigenvalue weighted by Crippen LogP contribution is -2.01. The van der Waals surface area contributed by atoms with Gasteiger partial charge in [0, 0.05) is 16.7 Å². The Kier molecular flexibility index (Phi) is 5.82. The zero-order valence-electron chi connectivity index (χ0n) is 29.8. The molecule has 0 N–H and O–H groups in total. The van der Waals surface area contributed by atoms with Crippen molar-refractivity contribution in [3.63, 3.8) is 0 Å². The third-order valence-electron chi connectivity index (χ3n) is 8.79. The summed E-state index contributed by atoms with van der Waals surface area (Å²) in [6.45, 7) is 0. The molecule has 0 bridgehead atoms. The van der Waals surface area contributed by atoms with E-state index in [-0.39, 0.29) is 41.1 Å². The zero-order valence-corrected chi connectivity index (χ0v) is 25.8. The Bertz CT molecular complexity index is 2810. The quantitative estimate of drug-likeness (QED) is 0.143. The third-order valence-corrected chi connectivity index (χ3v) is 8.79. The average molecular weight is 616 g/mol. The van der Waals surface area contributed by atoms with Gasteiger partial charge in [-0.05, 0) is 60.6 Å². The maximum atomic E-state index is 9.49. The van der Waals surface area contributed by atoms with E-state index >= 15 is 0 Å². The predicted octanol–water partition coefficient (Wildman–Crippen LogP) is 11.7. The van der Waals surface area contributed by atoms with Crippen LogP contribution in [0.3, 0.4) is 0 Å². The van der Waals surface area contributed by atoms with E-state index in [1.807, 2.05) is 133 Å². The van der Waals surface area contributed by atoms with Crippen molar-refractivity contribution in [2.45, 2.75) is 0 Å². The minimum absolute atomic E-state index is 0.0202. The van der Waals surface area contributed by atoms with E-state index in [2.05, 4.69) is 18.2 Å². The highest BCUT2D eigenvalue weighted by molar-refractivity contribution is 6.20. The van der Waals surface area contributed by atoms with E-state index in [1.54, 1.807) is 0 Å². The summed E-state index contributed by atoms with van der Waals surface area (Å²) in [5, 5.41) is 5.79. The van der Waals surface area contributed by atoms with Crippen LogP contribution >= 0.6 is 0 Å². The Balaban J connectivity index is 1.32. The summed E-state index contributed by atoms with van der Waals surface area (Å²) >= 11 is 0. The first-order valence-corrected chi connectivity index (χ1v) is 15.9. The molecule has 1 heterocycles. The van der Waals surface area contributed by atoms with Crippen molar-refractivity contribution in [1.29, 1.82) is 0 Å². The number of benzene rings is 8. The van der Waals surface area contributed by atoms with Crippen molar-refractivity contribution < 1.29 is 5.48 Å². The molecule has 224 valence electrons. The van der Waals surface area contributed by atoms with E-state index in [0.717, 1.165) is 54.6 Å². The Labute approximate surface area is 284 Å². The lowest BCUT2D eigenvalue weighted by molar-refractivity contribution is 1.07. The first-order valence-electron chi connectivity index (χ1n) is 17.9. The fraction of sp³-hybridized carbons (Fsp3) is 0. The maximum absolute atomic E-state index is 9.49. The van der Waals surface area contributed by atoms with Crippen LogP contribution in [0, 0.1) is 0 Å². The summed E-state index contributed by atoms with van der Waals surface area (Å²) in [4.78, 5) is 14.6. The molecule has 0 aliphatic rings. The molecule has 8 aromatic carbocycles. The second-order valence-electron chi connectivity index (χ2n) is 11.7. The first-order chi connectivity index (χ1) is 25.5. The fourth-order valence-electron chi connectivity index (χ4n) is 6.51. The maximum Gasteiger partial charge on any atom is 0.164 e. The van der Waals surface area contributed by atoms with Gasteiger partial charge in [0.25, 0.3) is 0 Å². The van der Waals surface area contributed by atoms with Gasteiger partial charge in [-0.15, -0.1) is 0 Å². The Hall–Kier alpha value is -6.45. The second kappa shape index (κ2) is 11.7. The standard InChI is InChI=1S/C45H29N3/c1-3-13-30(14-4-1)36-19-11-12-22-40(36)45-47-43(33-16-5-2-6-17-33)46-44(48-45)34-25-23-32(24-26-34)42-38-21-10-8-18-35(38)29-41-37-20-9-7-15-31(37)27-28-39(41)42/h1-29H/i23D,24D,25D,26D. The summed E-state index contributed by atoms with van der Waals surface area (Å²) in [6, 6.07) is 48.9. The summed E-state index contributed by atoms with van der Waals surface area (Å²) in [5.41, 5.74) is 4.34. The van der Waals surface area contributed by atoms with Crippen molar-refractivity contribution in [2.24, 2.45) is 0 Å². The molecule has 9 aromatic rings. The molecule has 0 aliphatic carbocycles. The van der Waals surface area contributed by atoms with Crippen LogP contribution in [-0.4, -0.2) is 15.0 Å². The second-order valence-corrected chi connectivity index (χ2v) is 11.7. The predicted molar refractivity (Wildman–Crippen MR) is 200 cm³/mol. The van der Waals surface area contributed by atoms with Crippen molar-refractivity contribution >= 4 is 32.3 Å². The Morgan fingerprint density at radius 3 is 1.62 bits per heavy atom. The molecule has 0 unspecified atom stereocenters. The highest BCUT2D eigenvalue weighted by Crippen LogP contribution is 2.40. The Morgan fingerprint density at radius 2 is 0.875 bits per heavy atom. The number of nitrogens with zero attached hydrogens (tertiary/aromatic N) is 3. The molecule has 0 fully saturated rings. The molecule has 3 nitrogen and oxygen atoms in total. The van der Waals surface area contributed by atoms with Gasteiger partial charge in [-0.1, -0.05) is 170 Å². The van der Waals surface area contributed by atoms with Crippen LogP contribution in [0.4, 0.5) is 0 Å². The van der Waals surface area contributed by atoms with Crippen LogP contribution < -0.4 is 0 Å². The van der Waals surface area contributed by atoms with Gasteiger partial charge in [-0.3, -0.25) is 0 Å². The van der Waals surface area contributed by atoms with Gasteiger partial charge in [0.05, 0.1) is 5.48 Å². The topological polar surface area (TPSA) is 38.7 Å². The number of hydrogen-bond acceptors (Lipinski definition) is 3. The van der Waals surface area contributed by atoms with Crippen LogP contribution in [0.2, 0.25) is 0 Å². The summed E-state index contributed by atoms with van der Waals surface area (Å²) in [7, 11) is 0. The smallest absolute Gasteiger partial charge is 0.164 e. The normalized spacial score (nSPS) is 12.5. The van der Waals surface area contributed by atoms with Crippen molar-refractivity contribution in [1.82, 2.24) is 15.0 Å². The van der Waals surface area contributed by atoms with Gasteiger partial charge >= 0.3 is 0 Å². The molecule has 3 heteroatoms. The largest absolute Gasteiger partial charge is 0.208 e. The molecule has 0 atom stereocenters. The molecular weight excluding hydrogens is 583 g/mol. The number of hydrogen-bond donors (Lipinski definition) is 0. The fourth-order valence-corrected chi connectivity index (χ4v) is 6.51. The van der Waals surface area contributed by atoms with Gasteiger partial charge in [0.1, 0.15) is 0 Å². The number of fused-ring (bicyclic) bond motifs is 4. The molecular formula is C45H29N3. The number of rotatable bonds is 5. The Morgan fingerprint density at radius 1 is 0.333 bits per heavy atom. The molecule has 9 rings (SSSR count). The molecule has 0 amide bonds. The molecule has 48 heavy (non-hydrogen) atoms. The molecule has 0 spiro atoms. The van der Waals surface area contributed by atoms with E-state index in [1.165, 1.54) is 0 Å². The molecule has 0 aliphatic heterocycles. The molecule has 0 radical (unpaired) electrons. The summed E-state index contributed by atoms with van der Waals surface area (Å²) in [5.74, 6) is 0.816. The van der Waals surface area contributed by atoms with Gasteiger partial charge in [-0.2, -0.15) is 0 Å². The van der Waals surface area contributed by atoms with Crippen LogP contribution in [0.25, 0.3) is 88.7 Å². The lowest BCUT2D eigenvalue weighted by atomic mass is 9.89. The van der Waals surface area contributed by atoms with Crippen molar-refractivity contribution in [3.05, 3.63) is 176 Å². The lowest BCUT2D eigenvalue weighted by Gasteiger charge is -2.15. The average Bonchev–Trinajstić information content (AvgIpc) is 3.20. The van der Waals surface area contributed by atoms with Gasteiger partial charge < -0.3 is 0 Å². The van der Waals surface area contributed by atoms with E-state index < -0.39 is 0 Å². The van der Waals surface area contributed by atoms with Crippen LogP contribution in [0.5, 0.6) is 0 Å². The van der Waals surface area contributed by atoms with E-state index in [4.69, 9.17) is 15.0 Å². The first kappa shape index (κ1) is 23.8. The van der Waals surface area contributed by atoms with E-state index in [0.29, 0.717) is 17.2 Å². The van der Waals surface area contributed by atoms with Crippen LogP contribution in [0.1, 0.15) is 5.48 Å². The number of aromatic nitrogens is 3. The van der Waals surface area contributed by atoms with Crippen molar-refractivity contribution in [2.75, 3.05) is 0 Å². The zero-order chi connectivity index (χ0) is 35.3. The minimum Gasteiger partial charge on any atom is -0.208 e. The van der Waals surface area contributed by atoms with Gasteiger partial charge in [0.2, 0.25) is 0 Å². The third kappa shape index (κ3) is 4.90. The van der Waals surface area contributed by atoms with Crippen LogP contribution in [0.15, 0.2) is 176 Å². The molecule has 0 saturated heterocycles. The molecule has 1 aromatic heterocycles. The molecule has 0 saturated carbocycles.